The zero-order valence-corrected chi connectivity index (χ0v) is 15.8. The molecule has 1 heterocycles. The Morgan fingerprint density at radius 2 is 1.90 bits per heavy atom. The minimum atomic E-state index is 0.111. The first kappa shape index (κ1) is 16.7. The van der Waals surface area contributed by atoms with Crippen LogP contribution in [0.4, 0.5) is 0 Å². The molecule has 1 aromatic carbocycles. The van der Waals surface area contributed by atoms with Crippen molar-refractivity contribution in [2.75, 3.05) is 6.54 Å². The summed E-state index contributed by atoms with van der Waals surface area (Å²) in [6.45, 7) is 7.44. The van der Waals surface area contributed by atoms with Crippen molar-refractivity contribution in [3.05, 3.63) is 50.7 Å². The van der Waals surface area contributed by atoms with Crippen molar-refractivity contribution in [1.82, 2.24) is 15.1 Å². The molecule has 3 nitrogen and oxygen atoms in total. The highest BCUT2D eigenvalue weighted by molar-refractivity contribution is 9.10. The molecule has 1 N–H and O–H groups in total. The maximum atomic E-state index is 4.51. The topological polar surface area (TPSA) is 29.9 Å². The van der Waals surface area contributed by atoms with Crippen LogP contribution in [0, 0.1) is 0 Å². The first-order valence-electron chi connectivity index (χ1n) is 7.27. The third-order valence-electron chi connectivity index (χ3n) is 3.36. The van der Waals surface area contributed by atoms with Gasteiger partial charge in [-0.1, -0.05) is 41.1 Å². The number of rotatable bonds is 6. The molecule has 114 valence electrons. The fourth-order valence-corrected chi connectivity index (χ4v) is 3.40. The minimum Gasteiger partial charge on any atom is -0.305 e. The first-order valence-corrected chi connectivity index (χ1v) is 8.85. The number of hydrogen-bond acceptors (Lipinski definition) is 2. The van der Waals surface area contributed by atoms with Gasteiger partial charge in [-0.3, -0.25) is 4.68 Å². The van der Waals surface area contributed by atoms with E-state index >= 15 is 0 Å². The number of nitrogens with one attached hydrogen (secondary N) is 1. The molecule has 1 atom stereocenters. The number of benzene rings is 1. The molecule has 0 aliphatic heterocycles. The highest BCUT2D eigenvalue weighted by Gasteiger charge is 2.24. The molecule has 1 aromatic heterocycles. The molecule has 0 aliphatic carbocycles. The lowest BCUT2D eigenvalue weighted by atomic mass is 10.0. The van der Waals surface area contributed by atoms with Crippen molar-refractivity contribution in [3.8, 4) is 0 Å². The summed E-state index contributed by atoms with van der Waals surface area (Å²) in [6.07, 6.45) is 2.97. The Morgan fingerprint density at radius 1 is 1.19 bits per heavy atom. The lowest BCUT2D eigenvalue weighted by Gasteiger charge is -2.23. The molecule has 0 saturated carbocycles. The Hall–Kier alpha value is -0.650. The standard InChI is InChI=1S/C16H21Br2N3/c1-4-9-19-15(12-7-5-6-8-13(12)17)16-14(18)10-20-21(16)11(2)3/h5-8,10-11,15,19H,4,9H2,1-3H3. The van der Waals surface area contributed by atoms with Gasteiger partial charge in [-0.2, -0.15) is 5.10 Å². The number of nitrogens with zero attached hydrogens (tertiary/aromatic N) is 2. The third kappa shape index (κ3) is 3.76. The van der Waals surface area contributed by atoms with E-state index < -0.39 is 0 Å². The van der Waals surface area contributed by atoms with Crippen LogP contribution in [-0.4, -0.2) is 16.3 Å². The minimum absolute atomic E-state index is 0.111. The summed E-state index contributed by atoms with van der Waals surface area (Å²) in [5.41, 5.74) is 2.40. The van der Waals surface area contributed by atoms with Crippen LogP contribution in [0.15, 0.2) is 39.4 Å². The molecule has 0 amide bonds. The molecule has 0 spiro atoms. The monoisotopic (exact) mass is 413 g/mol. The van der Waals surface area contributed by atoms with Crippen LogP contribution in [0.25, 0.3) is 0 Å². The van der Waals surface area contributed by atoms with Gasteiger partial charge in [-0.15, -0.1) is 0 Å². The lowest BCUT2D eigenvalue weighted by molar-refractivity contribution is 0.470. The zero-order valence-electron chi connectivity index (χ0n) is 12.6. The van der Waals surface area contributed by atoms with Gasteiger partial charge >= 0.3 is 0 Å². The van der Waals surface area contributed by atoms with Gasteiger partial charge < -0.3 is 5.32 Å². The molecule has 5 heteroatoms. The van der Waals surface area contributed by atoms with Crippen LogP contribution in [0.5, 0.6) is 0 Å². The maximum absolute atomic E-state index is 4.51. The summed E-state index contributed by atoms with van der Waals surface area (Å²) in [4.78, 5) is 0. The molecule has 0 bridgehead atoms. The molecule has 0 fully saturated rings. The Bertz CT molecular complexity index is 593. The molecular formula is C16H21Br2N3. The van der Waals surface area contributed by atoms with E-state index in [4.69, 9.17) is 0 Å². The van der Waals surface area contributed by atoms with E-state index in [1.54, 1.807) is 0 Å². The van der Waals surface area contributed by atoms with Crippen molar-refractivity contribution < 1.29 is 0 Å². The van der Waals surface area contributed by atoms with Crippen LogP contribution in [0.3, 0.4) is 0 Å². The summed E-state index contributed by atoms with van der Waals surface area (Å²) < 4.78 is 4.24. The fourth-order valence-electron chi connectivity index (χ4n) is 2.38. The summed E-state index contributed by atoms with van der Waals surface area (Å²) in [7, 11) is 0. The lowest BCUT2D eigenvalue weighted by Crippen LogP contribution is -2.27. The van der Waals surface area contributed by atoms with Gasteiger partial charge in [0.05, 0.1) is 22.4 Å². The van der Waals surface area contributed by atoms with E-state index in [2.05, 4.69) is 85.9 Å². The fraction of sp³-hybridized carbons (Fsp3) is 0.438. The van der Waals surface area contributed by atoms with Crippen molar-refractivity contribution in [2.24, 2.45) is 0 Å². The van der Waals surface area contributed by atoms with Crippen LogP contribution in [-0.2, 0) is 0 Å². The van der Waals surface area contributed by atoms with Gasteiger partial charge in [-0.25, -0.2) is 0 Å². The van der Waals surface area contributed by atoms with Gasteiger partial charge in [0.1, 0.15) is 0 Å². The summed E-state index contributed by atoms with van der Waals surface area (Å²) in [5.74, 6) is 0. The van der Waals surface area contributed by atoms with Crippen LogP contribution in [0.2, 0.25) is 0 Å². The highest BCUT2D eigenvalue weighted by atomic mass is 79.9. The second kappa shape index (κ2) is 7.56. The second-order valence-corrected chi connectivity index (χ2v) is 7.03. The quantitative estimate of drug-likeness (QED) is 0.714. The predicted molar refractivity (Wildman–Crippen MR) is 94.6 cm³/mol. The SMILES string of the molecule is CCCNC(c1ccccc1Br)c1c(Br)cnn1C(C)C. The maximum Gasteiger partial charge on any atom is 0.0770 e. The summed E-state index contributed by atoms with van der Waals surface area (Å²) >= 11 is 7.34. The van der Waals surface area contributed by atoms with Gasteiger partial charge in [0, 0.05) is 10.5 Å². The van der Waals surface area contributed by atoms with Gasteiger partial charge in [-0.05, 0) is 54.4 Å². The summed E-state index contributed by atoms with van der Waals surface area (Å²) in [6, 6.07) is 8.78. The number of hydrogen-bond donors (Lipinski definition) is 1. The van der Waals surface area contributed by atoms with Crippen LogP contribution in [0.1, 0.15) is 50.5 Å². The van der Waals surface area contributed by atoms with Crippen molar-refractivity contribution in [3.63, 3.8) is 0 Å². The molecule has 1 unspecified atom stereocenters. The molecule has 0 aliphatic rings. The summed E-state index contributed by atoms with van der Waals surface area (Å²) in [5, 5.41) is 8.16. The van der Waals surface area contributed by atoms with E-state index in [1.807, 2.05) is 12.3 Å². The highest BCUT2D eigenvalue weighted by Crippen LogP contribution is 2.33. The van der Waals surface area contributed by atoms with Gasteiger partial charge in [0.25, 0.3) is 0 Å². The Kier molecular flexibility index (Phi) is 6.02. The molecule has 0 radical (unpaired) electrons. The average Bonchev–Trinajstić information content (AvgIpc) is 2.83. The molecule has 21 heavy (non-hydrogen) atoms. The largest absolute Gasteiger partial charge is 0.305 e. The molecule has 2 rings (SSSR count). The molecule has 0 saturated heterocycles. The van der Waals surface area contributed by atoms with E-state index in [-0.39, 0.29) is 6.04 Å². The molecular weight excluding hydrogens is 394 g/mol. The third-order valence-corrected chi connectivity index (χ3v) is 4.70. The van der Waals surface area contributed by atoms with Gasteiger partial charge in [0.15, 0.2) is 0 Å². The predicted octanol–water partition coefficient (Wildman–Crippen LogP) is 5.08. The van der Waals surface area contributed by atoms with Crippen LogP contribution < -0.4 is 5.32 Å². The van der Waals surface area contributed by atoms with E-state index in [1.165, 1.54) is 11.3 Å². The van der Waals surface area contributed by atoms with E-state index in [0.717, 1.165) is 21.9 Å². The van der Waals surface area contributed by atoms with Crippen LogP contribution >= 0.6 is 31.9 Å². The zero-order chi connectivity index (χ0) is 15.4. The van der Waals surface area contributed by atoms with Crippen molar-refractivity contribution >= 4 is 31.9 Å². The Labute approximate surface area is 143 Å². The normalized spacial score (nSPS) is 12.9. The van der Waals surface area contributed by atoms with Crippen molar-refractivity contribution in [1.29, 1.82) is 0 Å². The first-order chi connectivity index (χ1) is 10.1. The van der Waals surface area contributed by atoms with E-state index in [0.29, 0.717) is 6.04 Å². The second-order valence-electron chi connectivity index (χ2n) is 5.32. The number of halogens is 2. The Balaban J connectivity index is 2.51. The van der Waals surface area contributed by atoms with E-state index in [9.17, 15) is 0 Å². The molecule has 2 aromatic rings. The Morgan fingerprint density at radius 3 is 2.52 bits per heavy atom. The average molecular weight is 415 g/mol. The van der Waals surface area contributed by atoms with Gasteiger partial charge in [0.2, 0.25) is 0 Å². The smallest absolute Gasteiger partial charge is 0.0770 e. The number of aromatic nitrogens is 2. The van der Waals surface area contributed by atoms with Crippen molar-refractivity contribution in [2.45, 2.75) is 39.3 Å².